The van der Waals surface area contributed by atoms with Gasteiger partial charge in [-0.3, -0.25) is 4.79 Å². The number of carbonyl (C=O) groups excluding carboxylic acids is 1. The van der Waals surface area contributed by atoms with Gasteiger partial charge in [0.2, 0.25) is 0 Å². The molecule has 2 N–H and O–H groups in total. The van der Waals surface area contributed by atoms with E-state index in [1.165, 1.54) is 30.3 Å². The van der Waals surface area contributed by atoms with Gasteiger partial charge in [0.15, 0.2) is 11.6 Å². The van der Waals surface area contributed by atoms with E-state index in [1.807, 2.05) is 5.32 Å². The molecule has 138 valence electrons. The van der Waals surface area contributed by atoms with Crippen LogP contribution in [0.5, 0.6) is 5.75 Å². The Bertz CT molecular complexity index is 1050. The normalized spacial score (nSPS) is 10.7. The molecule has 0 radical (unpaired) electrons. The number of hydrogen-bond donors (Lipinski definition) is 2. The second kappa shape index (κ2) is 7.11. The fourth-order valence-electron chi connectivity index (χ4n) is 2.64. The van der Waals surface area contributed by atoms with Crippen LogP contribution in [0.4, 0.5) is 23.2 Å². The first-order valence-electron chi connectivity index (χ1n) is 7.82. The van der Waals surface area contributed by atoms with Crippen LogP contribution in [0.2, 0.25) is 0 Å². The number of benzene rings is 3. The summed E-state index contributed by atoms with van der Waals surface area (Å²) < 4.78 is 56.0. The Morgan fingerprint density at radius 1 is 0.963 bits per heavy atom. The number of amides is 1. The molecule has 0 heterocycles. The molecule has 27 heavy (non-hydrogen) atoms. The number of phenolic OH excluding ortho intramolecular Hbond substituents is 1. The topological polar surface area (TPSA) is 49.3 Å². The average Bonchev–Trinajstić information content (AvgIpc) is 2.63. The number of carbonyl (C=O) groups is 1. The smallest absolute Gasteiger partial charge is 0.258 e. The number of anilines is 1. The zero-order chi connectivity index (χ0) is 19.7. The first-order valence-corrected chi connectivity index (χ1v) is 7.82. The molecule has 7 heteroatoms. The molecule has 1 amide bonds. The van der Waals surface area contributed by atoms with Crippen LogP contribution in [0.3, 0.4) is 0 Å². The summed E-state index contributed by atoms with van der Waals surface area (Å²) in [6.07, 6.45) is 0. The van der Waals surface area contributed by atoms with Crippen LogP contribution in [-0.2, 0) is 0 Å². The van der Waals surface area contributed by atoms with Crippen molar-refractivity contribution in [1.29, 1.82) is 0 Å². The van der Waals surface area contributed by atoms with Gasteiger partial charge in [-0.25, -0.2) is 17.6 Å². The number of nitrogens with one attached hydrogen (secondary N) is 1. The predicted molar refractivity (Wildman–Crippen MR) is 92.5 cm³/mol. The third-order valence-electron chi connectivity index (χ3n) is 3.91. The lowest BCUT2D eigenvalue weighted by Gasteiger charge is -2.12. The molecular formula is C20H13F4NO2. The maximum absolute atomic E-state index is 14.9. The minimum Gasteiger partial charge on any atom is -0.505 e. The molecule has 0 aliphatic heterocycles. The van der Waals surface area contributed by atoms with Crippen LogP contribution < -0.4 is 5.32 Å². The predicted octanol–water partition coefficient (Wildman–Crippen LogP) is 5.18. The highest BCUT2D eigenvalue weighted by atomic mass is 19.1. The molecule has 0 bridgehead atoms. The highest BCUT2D eigenvalue weighted by Crippen LogP contribution is 2.30. The highest BCUT2D eigenvalue weighted by Gasteiger charge is 2.21. The summed E-state index contributed by atoms with van der Waals surface area (Å²) in [5.41, 5.74) is -0.709. The summed E-state index contributed by atoms with van der Waals surface area (Å²) in [5, 5.41) is 11.3. The Morgan fingerprint density at radius 3 is 2.41 bits per heavy atom. The quantitative estimate of drug-likeness (QED) is 0.620. The summed E-state index contributed by atoms with van der Waals surface area (Å²) in [7, 11) is 0. The van der Waals surface area contributed by atoms with Crippen molar-refractivity contribution in [2.24, 2.45) is 0 Å². The third-order valence-corrected chi connectivity index (χ3v) is 3.91. The average molecular weight is 375 g/mol. The van der Waals surface area contributed by atoms with E-state index in [-0.39, 0.29) is 11.1 Å². The summed E-state index contributed by atoms with van der Waals surface area (Å²) in [6.45, 7) is 1.59. The Kier molecular flexibility index (Phi) is 4.85. The van der Waals surface area contributed by atoms with Gasteiger partial charge in [0.25, 0.3) is 5.91 Å². The van der Waals surface area contributed by atoms with Crippen LogP contribution in [0.25, 0.3) is 11.1 Å². The molecule has 3 nitrogen and oxygen atoms in total. The van der Waals surface area contributed by atoms with Gasteiger partial charge in [0, 0.05) is 5.56 Å². The Balaban J connectivity index is 2.05. The Morgan fingerprint density at radius 2 is 1.70 bits per heavy atom. The molecule has 0 aliphatic carbocycles. The van der Waals surface area contributed by atoms with Gasteiger partial charge < -0.3 is 10.4 Å². The van der Waals surface area contributed by atoms with E-state index in [2.05, 4.69) is 0 Å². The van der Waals surface area contributed by atoms with E-state index in [1.54, 1.807) is 6.92 Å². The Hall–Kier alpha value is -3.35. The lowest BCUT2D eigenvalue weighted by atomic mass is 9.98. The van der Waals surface area contributed by atoms with Crippen molar-refractivity contribution in [2.75, 3.05) is 5.32 Å². The molecule has 3 aromatic rings. The van der Waals surface area contributed by atoms with Crippen LogP contribution in [0.15, 0.2) is 48.5 Å². The maximum atomic E-state index is 14.9. The number of phenols is 1. The van der Waals surface area contributed by atoms with E-state index >= 15 is 0 Å². The lowest BCUT2D eigenvalue weighted by molar-refractivity contribution is 0.102. The lowest BCUT2D eigenvalue weighted by Crippen LogP contribution is -2.16. The summed E-state index contributed by atoms with van der Waals surface area (Å²) in [5.74, 6) is -6.03. The number of hydrogen-bond acceptors (Lipinski definition) is 2. The second-order valence-corrected chi connectivity index (χ2v) is 5.89. The molecule has 0 fully saturated rings. The number of aromatic hydroxyl groups is 1. The van der Waals surface area contributed by atoms with Gasteiger partial charge >= 0.3 is 0 Å². The van der Waals surface area contributed by atoms with Crippen molar-refractivity contribution < 1.29 is 27.5 Å². The summed E-state index contributed by atoms with van der Waals surface area (Å²) in [6, 6.07) is 9.34. The molecule has 0 atom stereocenters. The van der Waals surface area contributed by atoms with Crippen molar-refractivity contribution in [1.82, 2.24) is 0 Å². The zero-order valence-electron chi connectivity index (χ0n) is 14.0. The first-order chi connectivity index (χ1) is 12.8. The van der Waals surface area contributed by atoms with Crippen LogP contribution in [0.1, 0.15) is 15.9 Å². The van der Waals surface area contributed by atoms with Crippen molar-refractivity contribution in [3.8, 4) is 16.9 Å². The molecular weight excluding hydrogens is 362 g/mol. The van der Waals surface area contributed by atoms with E-state index < -0.39 is 46.2 Å². The van der Waals surface area contributed by atoms with E-state index in [4.69, 9.17) is 0 Å². The van der Waals surface area contributed by atoms with Gasteiger partial charge in [0.1, 0.15) is 23.1 Å². The number of halogens is 4. The zero-order valence-corrected chi connectivity index (χ0v) is 14.0. The second-order valence-electron chi connectivity index (χ2n) is 5.89. The molecule has 0 saturated heterocycles. The third kappa shape index (κ3) is 3.62. The van der Waals surface area contributed by atoms with Crippen molar-refractivity contribution in [3.63, 3.8) is 0 Å². The van der Waals surface area contributed by atoms with Crippen molar-refractivity contribution in [3.05, 3.63) is 82.9 Å². The van der Waals surface area contributed by atoms with Crippen LogP contribution in [-0.4, -0.2) is 11.0 Å². The van der Waals surface area contributed by atoms with Crippen molar-refractivity contribution >= 4 is 11.6 Å². The van der Waals surface area contributed by atoms with E-state index in [0.29, 0.717) is 5.56 Å². The highest BCUT2D eigenvalue weighted by molar-refractivity contribution is 6.05. The van der Waals surface area contributed by atoms with Gasteiger partial charge in [0.05, 0.1) is 5.56 Å². The molecule has 0 aromatic heterocycles. The van der Waals surface area contributed by atoms with Crippen LogP contribution >= 0.6 is 0 Å². The minimum absolute atomic E-state index is 0.0310. The summed E-state index contributed by atoms with van der Waals surface area (Å²) >= 11 is 0. The number of aryl methyl sites for hydroxylation is 1. The van der Waals surface area contributed by atoms with Gasteiger partial charge in [-0.15, -0.1) is 0 Å². The number of rotatable bonds is 3. The van der Waals surface area contributed by atoms with E-state index in [9.17, 15) is 27.5 Å². The Labute approximate surface area is 151 Å². The largest absolute Gasteiger partial charge is 0.505 e. The molecule has 3 aromatic carbocycles. The van der Waals surface area contributed by atoms with Gasteiger partial charge in [-0.05, 0) is 54.4 Å². The molecule has 0 aliphatic rings. The standard InChI is InChI=1S/C20H13F4NO2/c1-10-7-13(11-3-2-4-12(21)9-11)17(23)14(8-10)20(27)25-19-15(22)5-6-16(26)18(19)24/h2-9,26H,1H3,(H,25,27). The van der Waals surface area contributed by atoms with Crippen molar-refractivity contribution in [2.45, 2.75) is 6.92 Å². The minimum atomic E-state index is -1.37. The maximum Gasteiger partial charge on any atom is 0.258 e. The monoisotopic (exact) mass is 375 g/mol. The molecule has 3 rings (SSSR count). The van der Waals surface area contributed by atoms with Gasteiger partial charge in [-0.2, -0.15) is 0 Å². The van der Waals surface area contributed by atoms with Crippen LogP contribution in [0, 0.1) is 30.2 Å². The summed E-state index contributed by atoms with van der Waals surface area (Å²) in [4.78, 5) is 12.4. The SMILES string of the molecule is Cc1cc(C(=O)Nc2c(F)ccc(O)c2F)c(F)c(-c2cccc(F)c2)c1. The van der Waals surface area contributed by atoms with E-state index in [0.717, 1.165) is 18.2 Å². The molecule has 0 saturated carbocycles. The van der Waals surface area contributed by atoms with Gasteiger partial charge in [-0.1, -0.05) is 12.1 Å². The first kappa shape index (κ1) is 18.4. The molecule has 0 spiro atoms. The fourth-order valence-corrected chi connectivity index (χ4v) is 2.64. The molecule has 0 unspecified atom stereocenters. The fraction of sp³-hybridized carbons (Fsp3) is 0.0500.